The van der Waals surface area contributed by atoms with E-state index in [2.05, 4.69) is 30.3 Å². The fraction of sp³-hybridized carbons (Fsp3) is 0. The van der Waals surface area contributed by atoms with Crippen molar-refractivity contribution in [2.75, 3.05) is 4.90 Å². The summed E-state index contributed by atoms with van der Waals surface area (Å²) < 4.78 is 13.7. The Morgan fingerprint density at radius 1 is 0.862 bits per heavy atom. The topological polar surface area (TPSA) is 20.3 Å². The summed E-state index contributed by atoms with van der Waals surface area (Å²) >= 11 is 6.72. The predicted molar refractivity (Wildman–Crippen MR) is 124 cm³/mol. The highest BCUT2D eigenvalue weighted by Crippen LogP contribution is 2.38. The second-order valence-corrected chi connectivity index (χ2v) is 8.40. The van der Waals surface area contributed by atoms with Gasteiger partial charge in [0, 0.05) is 0 Å². The molecular formula is C24H14FNOS2. The molecule has 0 radical (unpaired) electrons. The summed E-state index contributed by atoms with van der Waals surface area (Å²) in [7, 11) is 0. The molecule has 5 heteroatoms. The molecular weight excluding hydrogens is 401 g/mol. The van der Waals surface area contributed by atoms with Crippen molar-refractivity contribution < 1.29 is 9.18 Å². The molecule has 1 saturated heterocycles. The molecule has 1 heterocycles. The minimum atomic E-state index is -0.350. The van der Waals surface area contributed by atoms with Crippen LogP contribution in [0.15, 0.2) is 83.8 Å². The lowest BCUT2D eigenvalue weighted by molar-refractivity contribution is -0.113. The first-order valence-electron chi connectivity index (χ1n) is 9.06. The van der Waals surface area contributed by atoms with Gasteiger partial charge in [-0.05, 0) is 63.5 Å². The van der Waals surface area contributed by atoms with Gasteiger partial charge < -0.3 is 0 Å². The Balaban J connectivity index is 1.67. The van der Waals surface area contributed by atoms with E-state index in [9.17, 15) is 9.18 Å². The molecule has 1 aliphatic rings. The number of thioether (sulfide) groups is 1. The van der Waals surface area contributed by atoms with E-state index in [1.165, 1.54) is 28.8 Å². The van der Waals surface area contributed by atoms with Crippen LogP contribution < -0.4 is 4.90 Å². The molecule has 0 aliphatic carbocycles. The van der Waals surface area contributed by atoms with Gasteiger partial charge in [-0.25, -0.2) is 4.39 Å². The zero-order valence-corrected chi connectivity index (χ0v) is 16.8. The summed E-state index contributed by atoms with van der Waals surface area (Å²) in [5.74, 6) is -0.541. The molecule has 4 aromatic rings. The molecule has 29 heavy (non-hydrogen) atoms. The average molecular weight is 416 g/mol. The van der Waals surface area contributed by atoms with Crippen LogP contribution in [0.25, 0.3) is 27.6 Å². The number of anilines is 1. The Bertz CT molecular complexity index is 1270. The van der Waals surface area contributed by atoms with Gasteiger partial charge in [0.25, 0.3) is 5.91 Å². The van der Waals surface area contributed by atoms with Gasteiger partial charge in [0.05, 0.1) is 10.6 Å². The minimum Gasteiger partial charge on any atom is -0.268 e. The number of amides is 1. The lowest BCUT2D eigenvalue weighted by atomic mass is 9.96. The van der Waals surface area contributed by atoms with Crippen LogP contribution in [0.3, 0.4) is 0 Å². The molecule has 0 unspecified atom stereocenters. The first-order chi connectivity index (χ1) is 14.1. The molecule has 140 valence electrons. The molecule has 1 fully saturated rings. The Morgan fingerprint density at radius 2 is 1.45 bits per heavy atom. The number of fused-ring (bicyclic) bond motifs is 2. The number of thiocarbonyl (C=S) groups is 1. The third kappa shape index (κ3) is 3.12. The highest BCUT2D eigenvalue weighted by Gasteiger charge is 2.33. The van der Waals surface area contributed by atoms with Crippen LogP contribution >= 0.6 is 24.0 Å². The van der Waals surface area contributed by atoms with Crippen molar-refractivity contribution in [1.82, 2.24) is 0 Å². The van der Waals surface area contributed by atoms with E-state index in [4.69, 9.17) is 12.2 Å². The minimum absolute atomic E-state index is 0.191. The van der Waals surface area contributed by atoms with Crippen molar-refractivity contribution in [2.45, 2.75) is 0 Å². The lowest BCUT2D eigenvalue weighted by Crippen LogP contribution is -2.27. The summed E-state index contributed by atoms with van der Waals surface area (Å²) in [5, 5.41) is 4.40. The largest absolute Gasteiger partial charge is 0.270 e. The maximum atomic E-state index is 13.3. The predicted octanol–water partition coefficient (Wildman–Crippen LogP) is 6.54. The zero-order chi connectivity index (χ0) is 20.0. The summed E-state index contributed by atoms with van der Waals surface area (Å²) in [6, 6.07) is 24.2. The van der Waals surface area contributed by atoms with Crippen LogP contribution in [0.4, 0.5) is 10.1 Å². The van der Waals surface area contributed by atoms with Gasteiger partial charge in [-0.1, -0.05) is 72.5 Å². The van der Waals surface area contributed by atoms with Crippen molar-refractivity contribution in [3.8, 4) is 0 Å². The quantitative estimate of drug-likeness (QED) is 0.211. The molecule has 0 atom stereocenters. The number of carbonyl (C=O) groups is 1. The van der Waals surface area contributed by atoms with Gasteiger partial charge in [0.2, 0.25) is 0 Å². The number of halogens is 1. The Labute approximate surface area is 176 Å². The third-order valence-electron chi connectivity index (χ3n) is 4.97. The molecule has 0 N–H and O–H groups in total. The Kier molecular flexibility index (Phi) is 4.42. The van der Waals surface area contributed by atoms with Crippen LogP contribution in [0.1, 0.15) is 5.56 Å². The van der Waals surface area contributed by atoms with Crippen LogP contribution in [0.5, 0.6) is 0 Å². The maximum Gasteiger partial charge on any atom is 0.270 e. The normalized spacial score (nSPS) is 15.8. The van der Waals surface area contributed by atoms with Crippen molar-refractivity contribution in [3.63, 3.8) is 0 Å². The summed E-state index contributed by atoms with van der Waals surface area (Å²) in [5.41, 5.74) is 1.57. The molecule has 1 amide bonds. The molecule has 0 bridgehead atoms. The van der Waals surface area contributed by atoms with E-state index >= 15 is 0 Å². The van der Waals surface area contributed by atoms with Gasteiger partial charge in [-0.3, -0.25) is 9.69 Å². The van der Waals surface area contributed by atoms with Crippen LogP contribution in [0.2, 0.25) is 0 Å². The number of carbonyl (C=O) groups excluding carboxylic acids is 1. The molecule has 0 saturated carbocycles. The van der Waals surface area contributed by atoms with Gasteiger partial charge in [-0.2, -0.15) is 0 Å². The van der Waals surface area contributed by atoms with E-state index in [0.29, 0.717) is 14.9 Å². The number of rotatable bonds is 2. The van der Waals surface area contributed by atoms with Crippen LogP contribution in [-0.4, -0.2) is 10.2 Å². The van der Waals surface area contributed by atoms with Crippen molar-refractivity contribution in [3.05, 3.63) is 95.1 Å². The average Bonchev–Trinajstić information content (AvgIpc) is 3.01. The first-order valence-corrected chi connectivity index (χ1v) is 10.3. The highest BCUT2D eigenvalue weighted by molar-refractivity contribution is 8.27. The summed E-state index contributed by atoms with van der Waals surface area (Å²) in [6.07, 6.45) is 1.92. The van der Waals surface area contributed by atoms with E-state index < -0.39 is 0 Å². The molecule has 2 nitrogen and oxygen atoms in total. The first kappa shape index (κ1) is 18.0. The molecule has 0 aromatic heterocycles. The molecule has 5 rings (SSSR count). The summed E-state index contributed by atoms with van der Waals surface area (Å²) in [4.78, 5) is 15.1. The zero-order valence-electron chi connectivity index (χ0n) is 15.1. The standard InChI is InChI=1S/C24H14FNOS2/c25-17-9-11-18(12-10-17)26-23(27)22(29-24(26)28)14-21-19-7-3-1-5-15(19)13-16-6-2-4-8-20(16)21/h1-14H. The number of nitrogens with zero attached hydrogens (tertiary/aromatic N) is 1. The van der Waals surface area contributed by atoms with E-state index in [0.717, 1.165) is 27.1 Å². The fourth-order valence-electron chi connectivity index (χ4n) is 3.62. The fourth-order valence-corrected chi connectivity index (χ4v) is 4.90. The smallest absolute Gasteiger partial charge is 0.268 e. The van der Waals surface area contributed by atoms with Gasteiger partial charge in [0.15, 0.2) is 4.32 Å². The molecule has 1 aliphatic heterocycles. The Morgan fingerprint density at radius 3 is 2.07 bits per heavy atom. The summed E-state index contributed by atoms with van der Waals surface area (Å²) in [6.45, 7) is 0. The lowest BCUT2D eigenvalue weighted by Gasteiger charge is -2.14. The van der Waals surface area contributed by atoms with Gasteiger partial charge in [0.1, 0.15) is 5.82 Å². The van der Waals surface area contributed by atoms with Crippen molar-refractivity contribution >= 4 is 67.5 Å². The SMILES string of the molecule is O=C1C(=Cc2c3ccccc3cc3ccccc23)SC(=S)N1c1ccc(F)cc1. The molecule has 4 aromatic carbocycles. The second-order valence-electron chi connectivity index (χ2n) is 6.73. The monoisotopic (exact) mass is 415 g/mol. The molecule has 0 spiro atoms. The van der Waals surface area contributed by atoms with E-state index in [1.807, 2.05) is 30.3 Å². The van der Waals surface area contributed by atoms with E-state index in [1.54, 1.807) is 12.1 Å². The van der Waals surface area contributed by atoms with Crippen LogP contribution in [0, 0.1) is 5.82 Å². The maximum absolute atomic E-state index is 13.3. The second kappa shape index (κ2) is 7.10. The third-order valence-corrected chi connectivity index (χ3v) is 6.27. The highest BCUT2D eigenvalue weighted by atomic mass is 32.2. The van der Waals surface area contributed by atoms with E-state index in [-0.39, 0.29) is 11.7 Å². The number of benzene rings is 4. The van der Waals surface area contributed by atoms with Crippen LogP contribution in [-0.2, 0) is 4.79 Å². The number of hydrogen-bond acceptors (Lipinski definition) is 3. The number of hydrogen-bond donors (Lipinski definition) is 0. The van der Waals surface area contributed by atoms with Gasteiger partial charge in [-0.15, -0.1) is 0 Å². The Hall–Kier alpha value is -3.02. The van der Waals surface area contributed by atoms with Gasteiger partial charge >= 0.3 is 0 Å². The van der Waals surface area contributed by atoms with Crippen molar-refractivity contribution in [2.24, 2.45) is 0 Å². The van der Waals surface area contributed by atoms with Crippen molar-refractivity contribution in [1.29, 1.82) is 0 Å².